The van der Waals surface area contributed by atoms with Crippen LogP contribution in [0.1, 0.15) is 6.42 Å². The van der Waals surface area contributed by atoms with E-state index in [1.165, 1.54) is 0 Å². The number of hydrogen-bond acceptors (Lipinski definition) is 4. The molecule has 0 fully saturated rings. The van der Waals surface area contributed by atoms with E-state index in [0.717, 1.165) is 17.8 Å². The predicted molar refractivity (Wildman–Crippen MR) is 104 cm³/mol. The minimum absolute atomic E-state index is 0. The van der Waals surface area contributed by atoms with Crippen molar-refractivity contribution in [3.63, 3.8) is 0 Å². The summed E-state index contributed by atoms with van der Waals surface area (Å²) >= 11 is 10.2. The summed E-state index contributed by atoms with van der Waals surface area (Å²) in [6.45, 7) is 1.15. The minimum atomic E-state index is 0. The number of nitrogens with zero attached hydrogens (tertiary/aromatic N) is 4. The molecule has 8 heteroatoms. The Morgan fingerprint density at radius 2 is 1.08 bits per heavy atom. The van der Waals surface area contributed by atoms with Crippen LogP contribution in [0.5, 0.6) is 0 Å². The summed E-state index contributed by atoms with van der Waals surface area (Å²) in [5.74, 6) is 0. The first-order chi connectivity index (χ1) is 11.2. The summed E-state index contributed by atoms with van der Waals surface area (Å²) in [6, 6.07) is 19.1. The molecule has 2 aromatic carbocycles. The summed E-state index contributed by atoms with van der Waals surface area (Å²) in [7, 11) is 0. The van der Waals surface area contributed by atoms with Crippen molar-refractivity contribution in [2.75, 3.05) is 13.1 Å². The Bertz CT molecular complexity index is 597. The molecule has 0 aliphatic carbocycles. The molecule has 0 aliphatic rings. The third-order valence-electron chi connectivity index (χ3n) is 2.77. The fourth-order valence-electron chi connectivity index (χ4n) is 1.72. The molecule has 0 spiro atoms. The van der Waals surface area contributed by atoms with Gasteiger partial charge in [0, 0.05) is 20.4 Å². The van der Waals surface area contributed by atoms with Crippen LogP contribution in [0, 0.1) is 0 Å². The van der Waals surface area contributed by atoms with Gasteiger partial charge in [-0.3, -0.25) is 0 Å². The zero-order valence-corrected chi connectivity index (χ0v) is 17.6. The van der Waals surface area contributed by atoms with Crippen LogP contribution >= 0.6 is 0 Å². The van der Waals surface area contributed by atoms with E-state index in [1.807, 2.05) is 60.7 Å². The molecule has 1 radical (unpaired) electrons. The third-order valence-corrected chi connectivity index (χ3v) is 3.21. The number of para-hydroxylation sites is 2. The van der Waals surface area contributed by atoms with Gasteiger partial charge in [0.2, 0.25) is 0 Å². The van der Waals surface area contributed by atoms with Crippen LogP contribution in [0.3, 0.4) is 0 Å². The number of rotatable bonds is 6. The summed E-state index contributed by atoms with van der Waals surface area (Å²) in [5.41, 5.74) is 1.63. The molecule has 0 N–H and O–H groups in total. The van der Waals surface area contributed by atoms with Gasteiger partial charge in [0.15, 0.2) is 0 Å². The van der Waals surface area contributed by atoms with E-state index in [2.05, 4.69) is 20.6 Å². The largest absolute Gasteiger partial charge is 2.00 e. The molecule has 0 saturated heterocycles. The molecule has 0 aromatic heterocycles. The molecule has 0 unspecified atom stereocenters. The van der Waals surface area contributed by atoms with Gasteiger partial charge in [-0.2, -0.15) is 0 Å². The van der Waals surface area contributed by atoms with Crippen LogP contribution in [0.25, 0.3) is 10.6 Å². The molecular weight excluding hydrogens is 527 g/mol. The van der Waals surface area contributed by atoms with Gasteiger partial charge >= 0.3 is 0 Å². The van der Waals surface area contributed by atoms with Crippen molar-refractivity contribution in [1.82, 2.24) is 0 Å². The van der Waals surface area contributed by atoms with E-state index in [1.54, 1.807) is 0 Å². The van der Waals surface area contributed by atoms with Gasteiger partial charge in [0.1, 0.15) is 0 Å². The normalized spacial score (nSPS) is 11.0. The van der Waals surface area contributed by atoms with E-state index < -0.39 is 0 Å². The minimum Gasteiger partial charge on any atom is -2.00 e. The maximum absolute atomic E-state index is 5.12. The Balaban J connectivity index is 0.00000288. The molecule has 0 atom stereocenters. The third kappa shape index (κ3) is 10.1. The Labute approximate surface area is 173 Å². The average molecular weight is 543 g/mol. The van der Waals surface area contributed by atoms with Gasteiger partial charge in [-0.05, 0) is 11.4 Å². The van der Waals surface area contributed by atoms with Crippen molar-refractivity contribution in [2.45, 2.75) is 6.42 Å². The molecule has 0 bridgehead atoms. The van der Waals surface area contributed by atoms with E-state index >= 15 is 0 Å². The molecule has 0 saturated carbocycles. The molecule has 0 aliphatic heterocycles. The van der Waals surface area contributed by atoms with Crippen molar-refractivity contribution >= 4 is 47.0 Å². The van der Waals surface area contributed by atoms with E-state index in [9.17, 15) is 0 Å². The number of hydrogen-bond donors (Lipinski definition) is 0. The van der Waals surface area contributed by atoms with Gasteiger partial charge in [0.25, 0.3) is 0 Å². The van der Waals surface area contributed by atoms with Crippen LogP contribution in [0.15, 0.2) is 70.6 Å². The van der Waals surface area contributed by atoms with Crippen LogP contribution in [0.2, 0.25) is 0 Å². The van der Waals surface area contributed by atoms with Crippen LogP contribution in [0.4, 0.5) is 11.4 Å². The summed E-state index contributed by atoms with van der Waals surface area (Å²) in [6.07, 6.45) is 0.759. The number of amidine groups is 2. The second kappa shape index (κ2) is 13.7. The van der Waals surface area contributed by atoms with Crippen molar-refractivity contribution < 1.29 is 25.9 Å². The summed E-state index contributed by atoms with van der Waals surface area (Å²) < 4.78 is 0. The molecule has 25 heavy (non-hydrogen) atoms. The molecule has 0 heterocycles. The molecule has 2 rings (SSSR count). The Kier molecular flexibility index (Phi) is 12.8. The van der Waals surface area contributed by atoms with E-state index in [-0.39, 0.29) is 25.9 Å². The fraction of sp³-hybridized carbons (Fsp3) is 0.176. The van der Waals surface area contributed by atoms with Crippen molar-refractivity contribution in [2.24, 2.45) is 9.98 Å². The topological polar surface area (TPSA) is 81.4 Å². The standard InChI is InChI=1S/C17H18N4S2.O.Re/c22-16(20-14-8-3-1-4-9-14)18-12-7-13-19-17(23)21-15-10-5-2-6-11-15;;/h1-6,8-11H,7,12-13H2,(H2-2,18,19,20,21,22,23);;/q2*-2;/p-2. The first-order valence-corrected chi connectivity index (χ1v) is 8.02. The number of aliphatic imine (C=N–C) groups is 2. The number of benzene rings is 2. The molecule has 5 nitrogen and oxygen atoms in total. The molecule has 2 aromatic rings. The van der Waals surface area contributed by atoms with Gasteiger partial charge in [-0.25, -0.2) is 10.3 Å². The zero-order valence-electron chi connectivity index (χ0n) is 13.3. The monoisotopic (exact) mass is 543 g/mol. The van der Waals surface area contributed by atoms with Crippen molar-refractivity contribution in [3.8, 4) is 0 Å². The molecule has 0 amide bonds. The Morgan fingerprint density at radius 1 is 0.720 bits per heavy atom. The van der Waals surface area contributed by atoms with E-state index in [0.29, 0.717) is 23.4 Å². The zero-order chi connectivity index (χ0) is 16.3. The van der Waals surface area contributed by atoms with Crippen molar-refractivity contribution in [1.29, 1.82) is 0 Å². The second-order valence-electron chi connectivity index (χ2n) is 4.58. The Morgan fingerprint density at radius 3 is 1.44 bits per heavy atom. The summed E-state index contributed by atoms with van der Waals surface area (Å²) in [4.78, 5) is 8.48. The van der Waals surface area contributed by atoms with Gasteiger partial charge in [-0.1, -0.05) is 80.2 Å². The first-order valence-electron chi connectivity index (χ1n) is 7.20. The van der Waals surface area contributed by atoms with Crippen LogP contribution < -0.4 is 0 Å². The predicted octanol–water partition coefficient (Wildman–Crippen LogP) is 4.47. The van der Waals surface area contributed by atoms with Crippen molar-refractivity contribution in [3.05, 3.63) is 71.3 Å². The maximum atomic E-state index is 5.12. The van der Waals surface area contributed by atoms with Gasteiger partial charge in [-0.15, -0.1) is 0 Å². The first kappa shape index (κ1) is 23.4. The van der Waals surface area contributed by atoms with Crippen LogP contribution in [-0.4, -0.2) is 23.4 Å². The van der Waals surface area contributed by atoms with Gasteiger partial charge < -0.3 is 51.4 Å². The molecular formula is C17H16N4OReS2-6. The van der Waals surface area contributed by atoms with Gasteiger partial charge in [0.05, 0.1) is 0 Å². The SMILES string of the molecule is [O-2].[Re].[S-]C(=Nc1ccccc1)[N-]CCC[N-]C([S-])=Nc1ccccc1. The van der Waals surface area contributed by atoms with E-state index in [4.69, 9.17) is 25.3 Å². The quantitative estimate of drug-likeness (QED) is 0.234. The molecule has 135 valence electrons. The summed E-state index contributed by atoms with van der Waals surface area (Å²) in [5, 5.41) is 9.17. The van der Waals surface area contributed by atoms with Crippen LogP contribution in [-0.2, 0) is 51.2 Å². The second-order valence-corrected chi connectivity index (χ2v) is 5.31. The average Bonchev–Trinajstić information content (AvgIpc) is 2.56. The Hall–Kier alpha value is -1.56. The fourth-order valence-corrected chi connectivity index (χ4v) is 2.11. The smallest absolute Gasteiger partial charge is 0 e. The maximum Gasteiger partial charge on any atom is 0 e.